The van der Waals surface area contributed by atoms with Gasteiger partial charge in [-0.1, -0.05) is 60.7 Å². The van der Waals surface area contributed by atoms with E-state index in [0.717, 1.165) is 43.7 Å². The van der Waals surface area contributed by atoms with Crippen molar-refractivity contribution in [2.45, 2.75) is 18.3 Å². The summed E-state index contributed by atoms with van der Waals surface area (Å²) in [5.41, 5.74) is 7.14. The molecule has 0 aromatic heterocycles. The zero-order valence-corrected chi connectivity index (χ0v) is 17.5. The number of nitrogens with zero attached hydrogens (tertiary/aromatic N) is 2. The van der Waals surface area contributed by atoms with Crippen LogP contribution in [0.15, 0.2) is 60.7 Å². The average Bonchev–Trinajstić information content (AvgIpc) is 3.22. The van der Waals surface area contributed by atoms with Gasteiger partial charge in [0.1, 0.15) is 5.41 Å². The van der Waals surface area contributed by atoms with Gasteiger partial charge in [0.2, 0.25) is 5.91 Å². The molecule has 0 aliphatic carbocycles. The fraction of sp³-hybridized carbons (Fsp3) is 0.417. The largest absolute Gasteiger partial charge is 0.481 e. The van der Waals surface area contributed by atoms with Gasteiger partial charge in [0.05, 0.1) is 6.42 Å². The minimum atomic E-state index is -0.869. The molecule has 3 rings (SSSR count). The first-order valence-electron chi connectivity index (χ1n) is 10.5. The Morgan fingerprint density at radius 1 is 1.07 bits per heavy atom. The van der Waals surface area contributed by atoms with E-state index in [0.29, 0.717) is 6.54 Å². The fourth-order valence-electron chi connectivity index (χ4n) is 4.63. The molecule has 0 saturated carbocycles. The van der Waals surface area contributed by atoms with Gasteiger partial charge in [-0.05, 0) is 37.1 Å². The summed E-state index contributed by atoms with van der Waals surface area (Å²) < 4.78 is 0. The van der Waals surface area contributed by atoms with E-state index in [1.165, 1.54) is 0 Å². The second kappa shape index (κ2) is 9.87. The van der Waals surface area contributed by atoms with Gasteiger partial charge >= 0.3 is 5.97 Å². The van der Waals surface area contributed by atoms with Crippen LogP contribution in [0.25, 0.3) is 0 Å². The maximum Gasteiger partial charge on any atom is 0.304 e. The van der Waals surface area contributed by atoms with E-state index in [1.807, 2.05) is 72.6 Å². The van der Waals surface area contributed by atoms with Gasteiger partial charge < -0.3 is 20.6 Å². The van der Waals surface area contributed by atoms with Crippen LogP contribution < -0.4 is 5.73 Å². The van der Waals surface area contributed by atoms with E-state index < -0.39 is 11.4 Å². The summed E-state index contributed by atoms with van der Waals surface area (Å²) in [6.45, 7) is 3.84. The molecule has 0 unspecified atom stereocenters. The smallest absolute Gasteiger partial charge is 0.304 e. The van der Waals surface area contributed by atoms with E-state index in [1.54, 1.807) is 0 Å². The summed E-state index contributed by atoms with van der Waals surface area (Å²) in [4.78, 5) is 28.2. The maximum absolute atomic E-state index is 13.1. The number of primary amides is 1. The van der Waals surface area contributed by atoms with Gasteiger partial charge in [0, 0.05) is 26.2 Å². The average molecular weight is 410 g/mol. The number of carbonyl (C=O) groups is 2. The summed E-state index contributed by atoms with van der Waals surface area (Å²) in [5, 5.41) is 8.85. The van der Waals surface area contributed by atoms with E-state index in [4.69, 9.17) is 10.8 Å². The molecule has 6 heteroatoms. The third-order valence-electron chi connectivity index (χ3n) is 6.24. The number of hydrogen-bond donors (Lipinski definition) is 2. The second-order valence-corrected chi connectivity index (χ2v) is 8.14. The molecule has 1 saturated heterocycles. The number of benzene rings is 2. The zero-order valence-electron chi connectivity index (χ0n) is 17.5. The van der Waals surface area contributed by atoms with Crippen molar-refractivity contribution in [2.75, 3.05) is 39.8 Å². The molecule has 1 fully saturated rings. The molecule has 1 heterocycles. The highest BCUT2D eigenvalue weighted by Gasteiger charge is 2.49. The summed E-state index contributed by atoms with van der Waals surface area (Å²) in [6, 6.07) is 19.7. The number of likely N-dealkylation sites (N-methyl/N-ethyl adjacent to an activating group) is 1. The number of rotatable bonds is 10. The zero-order chi connectivity index (χ0) is 21.6. The molecular weight excluding hydrogens is 378 g/mol. The van der Waals surface area contributed by atoms with E-state index in [2.05, 4.69) is 4.90 Å². The van der Waals surface area contributed by atoms with Crippen molar-refractivity contribution in [1.29, 1.82) is 0 Å². The number of hydrogen-bond acceptors (Lipinski definition) is 4. The highest BCUT2D eigenvalue weighted by Crippen LogP contribution is 2.43. The molecular formula is C24H31N3O3. The number of nitrogens with two attached hydrogens (primary N) is 1. The molecule has 3 N–H and O–H groups in total. The van der Waals surface area contributed by atoms with Gasteiger partial charge in [-0.15, -0.1) is 0 Å². The third-order valence-corrected chi connectivity index (χ3v) is 6.24. The SMILES string of the molecule is CN(CCC(=O)O)CCN1CC[C@@H](C(C(N)=O)(c2ccccc2)c2ccccc2)C1. The first-order chi connectivity index (χ1) is 14.4. The Morgan fingerprint density at radius 2 is 1.63 bits per heavy atom. The molecule has 1 aliphatic heterocycles. The van der Waals surface area contributed by atoms with E-state index >= 15 is 0 Å². The lowest BCUT2D eigenvalue weighted by Gasteiger charge is -2.37. The van der Waals surface area contributed by atoms with Crippen molar-refractivity contribution in [3.63, 3.8) is 0 Å². The van der Waals surface area contributed by atoms with Crippen LogP contribution in [0.4, 0.5) is 0 Å². The number of aliphatic carboxylic acids is 1. The number of carboxylic acids is 1. The van der Waals surface area contributed by atoms with Crippen molar-refractivity contribution < 1.29 is 14.7 Å². The standard InChI is InChI=1S/C24H31N3O3/c1-26(14-13-22(28)29)16-17-27-15-12-21(18-27)24(23(25)30,19-8-4-2-5-9-19)20-10-6-3-7-11-20/h2-11,21H,12-18H2,1H3,(H2,25,30)(H,28,29)/t21-/m1/s1. The Kier molecular flexibility index (Phi) is 7.24. The van der Waals surface area contributed by atoms with Crippen LogP contribution in [0.2, 0.25) is 0 Å². The number of carbonyl (C=O) groups excluding carboxylic acids is 1. The lowest BCUT2D eigenvalue weighted by Crippen LogP contribution is -2.49. The van der Waals surface area contributed by atoms with Gasteiger partial charge in [-0.25, -0.2) is 0 Å². The molecule has 6 nitrogen and oxygen atoms in total. The van der Waals surface area contributed by atoms with Crippen LogP contribution in [0.1, 0.15) is 24.0 Å². The molecule has 1 atom stereocenters. The second-order valence-electron chi connectivity index (χ2n) is 8.14. The fourth-order valence-corrected chi connectivity index (χ4v) is 4.63. The Labute approximate surface area is 178 Å². The van der Waals surface area contributed by atoms with Crippen LogP contribution in [-0.2, 0) is 15.0 Å². The Hall–Kier alpha value is -2.70. The van der Waals surface area contributed by atoms with Crippen molar-refractivity contribution in [1.82, 2.24) is 9.80 Å². The van der Waals surface area contributed by atoms with Crippen molar-refractivity contribution >= 4 is 11.9 Å². The maximum atomic E-state index is 13.1. The predicted molar refractivity (Wildman–Crippen MR) is 117 cm³/mol. The summed E-state index contributed by atoms with van der Waals surface area (Å²) in [6.07, 6.45) is 1.03. The van der Waals surface area contributed by atoms with Crippen molar-refractivity contribution in [3.8, 4) is 0 Å². The molecule has 2 aromatic carbocycles. The Morgan fingerprint density at radius 3 is 2.13 bits per heavy atom. The Balaban J connectivity index is 1.81. The lowest BCUT2D eigenvalue weighted by atomic mass is 9.64. The van der Waals surface area contributed by atoms with Crippen LogP contribution in [0.5, 0.6) is 0 Å². The molecule has 0 spiro atoms. The van der Waals surface area contributed by atoms with Crippen LogP contribution in [0.3, 0.4) is 0 Å². The molecule has 30 heavy (non-hydrogen) atoms. The first-order valence-corrected chi connectivity index (χ1v) is 10.5. The van der Waals surface area contributed by atoms with Crippen LogP contribution in [0, 0.1) is 5.92 Å². The van der Waals surface area contributed by atoms with E-state index in [-0.39, 0.29) is 18.2 Å². The van der Waals surface area contributed by atoms with E-state index in [9.17, 15) is 9.59 Å². The molecule has 1 amide bonds. The topological polar surface area (TPSA) is 86.9 Å². The van der Waals surface area contributed by atoms with Crippen molar-refractivity contribution in [2.24, 2.45) is 11.7 Å². The first kappa shape index (κ1) is 22.0. The quantitative estimate of drug-likeness (QED) is 0.628. The highest BCUT2D eigenvalue weighted by molar-refractivity contribution is 5.91. The third kappa shape index (κ3) is 4.71. The van der Waals surface area contributed by atoms with Crippen molar-refractivity contribution in [3.05, 3.63) is 71.8 Å². The van der Waals surface area contributed by atoms with Crippen LogP contribution >= 0.6 is 0 Å². The Bertz CT molecular complexity index is 802. The number of likely N-dealkylation sites (tertiary alicyclic amines) is 1. The molecule has 2 aromatic rings. The van der Waals surface area contributed by atoms with Crippen LogP contribution in [-0.4, -0.2) is 66.6 Å². The van der Waals surface area contributed by atoms with Gasteiger partial charge in [-0.3, -0.25) is 9.59 Å². The minimum absolute atomic E-state index is 0.0733. The minimum Gasteiger partial charge on any atom is -0.481 e. The predicted octanol–water partition coefficient (Wildman–Crippen LogP) is 2.19. The summed E-state index contributed by atoms with van der Waals surface area (Å²) >= 11 is 0. The normalized spacial score (nSPS) is 17.3. The lowest BCUT2D eigenvalue weighted by molar-refractivity contribution is -0.137. The van der Waals surface area contributed by atoms with Gasteiger partial charge in [0.25, 0.3) is 0 Å². The summed E-state index contributed by atoms with van der Waals surface area (Å²) in [7, 11) is 1.94. The molecule has 1 aliphatic rings. The number of carboxylic acid groups (broad SMARTS) is 1. The molecule has 0 bridgehead atoms. The monoisotopic (exact) mass is 409 g/mol. The van der Waals surface area contributed by atoms with Gasteiger partial charge in [-0.2, -0.15) is 0 Å². The highest BCUT2D eigenvalue weighted by atomic mass is 16.4. The molecule has 160 valence electrons. The van der Waals surface area contributed by atoms with Gasteiger partial charge in [0.15, 0.2) is 0 Å². The molecule has 0 radical (unpaired) electrons. The summed E-state index contributed by atoms with van der Waals surface area (Å²) in [5.74, 6) is -1.02. The number of amides is 1.